The third-order valence-electron chi connectivity index (χ3n) is 4.81. The lowest BCUT2D eigenvalue weighted by atomic mass is 9.77. The fourth-order valence-electron chi connectivity index (χ4n) is 3.28. The normalized spacial score (nSPS) is 31.7. The molecule has 2 aromatic rings. The van der Waals surface area contributed by atoms with Gasteiger partial charge >= 0.3 is 0 Å². The van der Waals surface area contributed by atoms with Gasteiger partial charge in [-0.3, -0.25) is 0 Å². The van der Waals surface area contributed by atoms with Crippen LogP contribution >= 0.6 is 0 Å². The highest BCUT2D eigenvalue weighted by Gasteiger charge is 2.53. The largest absolute Gasteiger partial charge is 0.394 e. The quantitative estimate of drug-likeness (QED) is 0.601. The fourth-order valence-corrected chi connectivity index (χ4v) is 3.28. The molecule has 2 aromatic carbocycles. The predicted octanol–water partition coefficient (Wildman–Crippen LogP) is 0.582. The molecule has 0 unspecified atom stereocenters. The molecule has 0 amide bonds. The summed E-state index contributed by atoms with van der Waals surface area (Å²) in [5, 5.41) is 31.0. The maximum atomic E-state index is 10.8. The molecule has 0 radical (unpaired) electrons. The highest BCUT2D eigenvalue weighted by atomic mass is 16.7. The Labute approximate surface area is 152 Å². The molecule has 0 aliphatic carbocycles. The zero-order valence-corrected chi connectivity index (χ0v) is 14.4. The first kappa shape index (κ1) is 19.0. The number of rotatable bonds is 6. The minimum absolute atomic E-state index is 0.220. The number of hydrogen-bond acceptors (Lipinski definition) is 6. The molecule has 0 aromatic heterocycles. The van der Waals surface area contributed by atoms with E-state index < -0.39 is 36.7 Å². The molecule has 5 atom stereocenters. The molecule has 5 N–H and O–H groups in total. The molecule has 0 saturated carbocycles. The van der Waals surface area contributed by atoms with Crippen LogP contribution < -0.4 is 5.73 Å². The topological polar surface area (TPSA) is 105 Å². The standard InChI is InChI=1S/C20H25NO5/c21-20(11-14-7-3-1-4-8-14)17(23)16(12-22)26-19(18(20)24)25-13-15-9-5-2-6-10-15/h1-10,16-19,22-24H,11-13,21H2/t16-,17-,18-,19+,20+/m1/s1. The van der Waals surface area contributed by atoms with Gasteiger partial charge in [0.25, 0.3) is 0 Å². The van der Waals surface area contributed by atoms with Crippen LogP contribution in [0.15, 0.2) is 60.7 Å². The molecule has 6 heteroatoms. The van der Waals surface area contributed by atoms with Crippen LogP contribution in [0.1, 0.15) is 11.1 Å². The van der Waals surface area contributed by atoms with Gasteiger partial charge in [-0.1, -0.05) is 60.7 Å². The van der Waals surface area contributed by atoms with Crippen LogP contribution in [-0.4, -0.2) is 52.1 Å². The Hall–Kier alpha value is -1.80. The van der Waals surface area contributed by atoms with Crippen LogP contribution in [0.4, 0.5) is 0 Å². The van der Waals surface area contributed by atoms with Gasteiger partial charge < -0.3 is 30.5 Å². The zero-order valence-electron chi connectivity index (χ0n) is 14.4. The molecule has 1 heterocycles. The Kier molecular flexibility index (Phi) is 6.03. The van der Waals surface area contributed by atoms with Crippen molar-refractivity contribution in [2.24, 2.45) is 5.73 Å². The van der Waals surface area contributed by atoms with E-state index in [4.69, 9.17) is 15.2 Å². The predicted molar refractivity (Wildman–Crippen MR) is 96.1 cm³/mol. The summed E-state index contributed by atoms with van der Waals surface area (Å²) >= 11 is 0. The molecule has 0 bridgehead atoms. The van der Waals surface area contributed by atoms with Gasteiger partial charge in [-0.15, -0.1) is 0 Å². The summed E-state index contributed by atoms with van der Waals surface area (Å²) in [5.74, 6) is 0. The number of aliphatic hydroxyl groups is 3. The van der Waals surface area contributed by atoms with Crippen molar-refractivity contribution in [1.82, 2.24) is 0 Å². The Morgan fingerprint density at radius 2 is 1.50 bits per heavy atom. The second-order valence-corrected chi connectivity index (χ2v) is 6.69. The zero-order chi connectivity index (χ0) is 18.6. The van der Waals surface area contributed by atoms with E-state index in [2.05, 4.69) is 0 Å². The van der Waals surface area contributed by atoms with E-state index >= 15 is 0 Å². The first-order valence-corrected chi connectivity index (χ1v) is 8.65. The van der Waals surface area contributed by atoms with Gasteiger partial charge in [0.1, 0.15) is 18.3 Å². The summed E-state index contributed by atoms with van der Waals surface area (Å²) in [6.45, 7) is -0.203. The summed E-state index contributed by atoms with van der Waals surface area (Å²) in [7, 11) is 0. The van der Waals surface area contributed by atoms with E-state index in [1.807, 2.05) is 60.7 Å². The molecule has 6 nitrogen and oxygen atoms in total. The fraction of sp³-hybridized carbons (Fsp3) is 0.400. The van der Waals surface area contributed by atoms with Gasteiger partial charge in [-0.25, -0.2) is 0 Å². The summed E-state index contributed by atoms with van der Waals surface area (Å²) in [4.78, 5) is 0. The molecular weight excluding hydrogens is 334 g/mol. The van der Waals surface area contributed by atoms with Crippen LogP contribution in [0.25, 0.3) is 0 Å². The second-order valence-electron chi connectivity index (χ2n) is 6.69. The summed E-state index contributed by atoms with van der Waals surface area (Å²) < 4.78 is 11.3. The van der Waals surface area contributed by atoms with E-state index in [-0.39, 0.29) is 13.0 Å². The number of hydrogen-bond donors (Lipinski definition) is 4. The van der Waals surface area contributed by atoms with Gasteiger partial charge in [0.2, 0.25) is 0 Å². The molecule has 0 spiro atoms. The van der Waals surface area contributed by atoms with Crippen LogP contribution in [-0.2, 0) is 22.5 Å². The van der Waals surface area contributed by atoms with Crippen molar-refractivity contribution >= 4 is 0 Å². The Morgan fingerprint density at radius 1 is 0.923 bits per heavy atom. The van der Waals surface area contributed by atoms with Gasteiger partial charge in [0, 0.05) is 0 Å². The first-order valence-electron chi connectivity index (χ1n) is 8.65. The van der Waals surface area contributed by atoms with Gasteiger partial charge in [-0.2, -0.15) is 0 Å². The molecule has 26 heavy (non-hydrogen) atoms. The van der Waals surface area contributed by atoms with Crippen molar-refractivity contribution < 1.29 is 24.8 Å². The number of ether oxygens (including phenoxy) is 2. The Bertz CT molecular complexity index is 683. The van der Waals surface area contributed by atoms with Crippen LogP contribution in [0.3, 0.4) is 0 Å². The molecule has 140 valence electrons. The maximum absolute atomic E-state index is 10.8. The van der Waals surface area contributed by atoms with E-state index in [9.17, 15) is 15.3 Å². The average molecular weight is 359 g/mol. The Morgan fingerprint density at radius 3 is 2.08 bits per heavy atom. The number of benzene rings is 2. The Balaban J connectivity index is 1.78. The first-order chi connectivity index (χ1) is 12.5. The summed E-state index contributed by atoms with van der Waals surface area (Å²) in [6, 6.07) is 18.8. The van der Waals surface area contributed by atoms with E-state index in [1.54, 1.807) is 0 Å². The van der Waals surface area contributed by atoms with Gasteiger partial charge in [0.15, 0.2) is 6.29 Å². The van der Waals surface area contributed by atoms with Crippen LogP contribution in [0, 0.1) is 0 Å². The molecule has 1 aliphatic rings. The molecular formula is C20H25NO5. The highest BCUT2D eigenvalue weighted by Crippen LogP contribution is 2.32. The van der Waals surface area contributed by atoms with Crippen LogP contribution in [0.5, 0.6) is 0 Å². The van der Waals surface area contributed by atoms with Crippen LogP contribution in [0.2, 0.25) is 0 Å². The van der Waals surface area contributed by atoms with E-state index in [1.165, 1.54) is 0 Å². The van der Waals surface area contributed by atoms with E-state index in [0.29, 0.717) is 0 Å². The molecule has 1 saturated heterocycles. The number of nitrogens with two attached hydrogens (primary N) is 1. The van der Waals surface area contributed by atoms with E-state index in [0.717, 1.165) is 11.1 Å². The lowest BCUT2D eigenvalue weighted by molar-refractivity contribution is -0.298. The molecule has 1 aliphatic heterocycles. The van der Waals surface area contributed by atoms with Crippen molar-refractivity contribution in [3.8, 4) is 0 Å². The summed E-state index contributed by atoms with van der Waals surface area (Å²) in [6.07, 6.45) is -4.26. The van der Waals surface area contributed by atoms with Crippen molar-refractivity contribution in [3.05, 3.63) is 71.8 Å². The van der Waals surface area contributed by atoms with Crippen molar-refractivity contribution in [2.75, 3.05) is 6.61 Å². The third kappa shape index (κ3) is 3.96. The second kappa shape index (κ2) is 8.26. The minimum atomic E-state index is -1.41. The third-order valence-corrected chi connectivity index (χ3v) is 4.81. The van der Waals surface area contributed by atoms with Crippen molar-refractivity contribution in [3.63, 3.8) is 0 Å². The number of aliphatic hydroxyl groups excluding tert-OH is 3. The van der Waals surface area contributed by atoms with Gasteiger partial charge in [-0.05, 0) is 17.5 Å². The maximum Gasteiger partial charge on any atom is 0.186 e. The summed E-state index contributed by atoms with van der Waals surface area (Å²) in [5.41, 5.74) is 6.81. The van der Waals surface area contributed by atoms with Crippen molar-refractivity contribution in [2.45, 2.75) is 43.2 Å². The highest BCUT2D eigenvalue weighted by molar-refractivity contribution is 5.21. The molecule has 1 fully saturated rings. The average Bonchev–Trinajstić information content (AvgIpc) is 2.68. The van der Waals surface area contributed by atoms with Crippen molar-refractivity contribution in [1.29, 1.82) is 0 Å². The SMILES string of the molecule is N[C@]1(Cc2ccccc2)[C@H](O)[C@@H](OCc2ccccc2)O[C@H](CO)[C@H]1O. The minimum Gasteiger partial charge on any atom is -0.394 e. The monoisotopic (exact) mass is 359 g/mol. The van der Waals surface area contributed by atoms with Gasteiger partial charge in [0.05, 0.1) is 18.8 Å². The molecule has 3 rings (SSSR count). The smallest absolute Gasteiger partial charge is 0.186 e. The lowest BCUT2D eigenvalue weighted by Crippen LogP contribution is -2.72. The lowest BCUT2D eigenvalue weighted by Gasteiger charge is -2.49.